The van der Waals surface area contributed by atoms with Crippen molar-refractivity contribution in [1.82, 2.24) is 5.32 Å². The van der Waals surface area contributed by atoms with E-state index in [0.29, 0.717) is 19.8 Å². The van der Waals surface area contributed by atoms with Crippen molar-refractivity contribution in [2.75, 3.05) is 26.4 Å². The Morgan fingerprint density at radius 2 is 2.09 bits per heavy atom. The second-order valence-electron chi connectivity index (χ2n) is 6.51. The lowest BCUT2D eigenvalue weighted by atomic mass is 9.90. The van der Waals surface area contributed by atoms with Gasteiger partial charge in [-0.3, -0.25) is 4.79 Å². The van der Waals surface area contributed by atoms with Gasteiger partial charge in [0.2, 0.25) is 0 Å². The van der Waals surface area contributed by atoms with Crippen molar-refractivity contribution in [3.63, 3.8) is 0 Å². The number of carbonyl (C=O) groups excluding carboxylic acids is 1. The van der Waals surface area contributed by atoms with Crippen molar-refractivity contribution in [1.29, 1.82) is 0 Å². The molecule has 0 spiro atoms. The molecule has 1 unspecified atom stereocenters. The van der Waals surface area contributed by atoms with Gasteiger partial charge in [-0.2, -0.15) is 0 Å². The third kappa shape index (κ3) is 4.79. The molecule has 0 saturated carbocycles. The van der Waals surface area contributed by atoms with Crippen LogP contribution >= 0.6 is 0 Å². The highest BCUT2D eigenvalue weighted by atomic mass is 16.5. The number of benzene rings is 1. The van der Waals surface area contributed by atoms with Gasteiger partial charge in [0.25, 0.3) is 5.91 Å². The van der Waals surface area contributed by atoms with E-state index in [9.17, 15) is 4.79 Å². The Morgan fingerprint density at radius 1 is 1.22 bits per heavy atom. The molecule has 23 heavy (non-hydrogen) atoms. The van der Waals surface area contributed by atoms with Crippen LogP contribution in [0.4, 0.5) is 0 Å². The first-order chi connectivity index (χ1) is 11.3. The molecule has 1 heterocycles. The molecule has 1 aromatic rings. The van der Waals surface area contributed by atoms with Crippen molar-refractivity contribution >= 4 is 5.91 Å². The fraction of sp³-hybridized carbons (Fsp3) is 0.632. The smallest absolute Gasteiger partial charge is 0.251 e. The zero-order valence-electron chi connectivity index (χ0n) is 13.8. The van der Waals surface area contributed by atoms with Crippen LogP contribution < -0.4 is 5.32 Å². The molecule has 1 amide bonds. The van der Waals surface area contributed by atoms with E-state index >= 15 is 0 Å². The van der Waals surface area contributed by atoms with Crippen molar-refractivity contribution in [2.45, 2.75) is 51.0 Å². The molecule has 2 aliphatic rings. The Hall–Kier alpha value is -1.39. The van der Waals surface area contributed by atoms with Gasteiger partial charge < -0.3 is 14.8 Å². The maximum Gasteiger partial charge on any atom is 0.251 e. The van der Waals surface area contributed by atoms with E-state index < -0.39 is 0 Å². The monoisotopic (exact) mass is 317 g/mol. The molecule has 1 aromatic carbocycles. The molecule has 1 atom stereocenters. The van der Waals surface area contributed by atoms with Crippen molar-refractivity contribution in [2.24, 2.45) is 0 Å². The summed E-state index contributed by atoms with van der Waals surface area (Å²) in [5.74, 6) is 0.0255. The molecule has 0 aromatic heterocycles. The van der Waals surface area contributed by atoms with E-state index in [0.717, 1.165) is 44.3 Å². The van der Waals surface area contributed by atoms with E-state index in [1.54, 1.807) is 0 Å². The van der Waals surface area contributed by atoms with Crippen LogP contribution in [0, 0.1) is 0 Å². The minimum atomic E-state index is 0.0255. The first kappa shape index (κ1) is 16.5. The summed E-state index contributed by atoms with van der Waals surface area (Å²) in [7, 11) is 0. The quantitative estimate of drug-likeness (QED) is 0.787. The Balaban J connectivity index is 1.34. The van der Waals surface area contributed by atoms with Crippen LogP contribution in [0.3, 0.4) is 0 Å². The fourth-order valence-corrected chi connectivity index (χ4v) is 3.34. The molecule has 4 nitrogen and oxygen atoms in total. The Kier molecular flexibility index (Phi) is 6.06. The van der Waals surface area contributed by atoms with Gasteiger partial charge in [0.05, 0.1) is 12.7 Å². The van der Waals surface area contributed by atoms with Crippen LogP contribution in [0.5, 0.6) is 0 Å². The minimum Gasteiger partial charge on any atom is -0.379 e. The van der Waals surface area contributed by atoms with Gasteiger partial charge in [0.15, 0.2) is 0 Å². The maximum absolute atomic E-state index is 12.2. The number of hydrogen-bond acceptors (Lipinski definition) is 3. The number of fused-ring (bicyclic) bond motifs is 1. The first-order valence-electron chi connectivity index (χ1n) is 8.92. The molecule has 4 heteroatoms. The highest BCUT2D eigenvalue weighted by molar-refractivity contribution is 5.94. The van der Waals surface area contributed by atoms with Gasteiger partial charge in [-0.15, -0.1) is 0 Å². The topological polar surface area (TPSA) is 47.6 Å². The Labute approximate surface area is 138 Å². The largest absolute Gasteiger partial charge is 0.379 e. The lowest BCUT2D eigenvalue weighted by Crippen LogP contribution is -2.26. The van der Waals surface area contributed by atoms with Gasteiger partial charge in [-0.1, -0.05) is 6.07 Å². The summed E-state index contributed by atoms with van der Waals surface area (Å²) in [5, 5.41) is 2.98. The van der Waals surface area contributed by atoms with Gasteiger partial charge in [-0.25, -0.2) is 0 Å². The van der Waals surface area contributed by atoms with Crippen molar-refractivity contribution < 1.29 is 14.3 Å². The Morgan fingerprint density at radius 3 is 2.91 bits per heavy atom. The molecule has 0 bridgehead atoms. The summed E-state index contributed by atoms with van der Waals surface area (Å²) in [6, 6.07) is 6.14. The third-order valence-electron chi connectivity index (χ3n) is 4.69. The van der Waals surface area contributed by atoms with E-state index in [1.807, 2.05) is 6.07 Å². The van der Waals surface area contributed by atoms with Gasteiger partial charge >= 0.3 is 0 Å². The summed E-state index contributed by atoms with van der Waals surface area (Å²) in [6.45, 7) is 2.87. The molecule has 1 saturated heterocycles. The highest BCUT2D eigenvalue weighted by Crippen LogP contribution is 2.22. The highest BCUT2D eigenvalue weighted by Gasteiger charge is 2.15. The molecule has 1 N–H and O–H groups in total. The Bertz CT molecular complexity index is 523. The zero-order valence-corrected chi connectivity index (χ0v) is 13.8. The molecular formula is C19H27NO3. The molecule has 1 fully saturated rings. The number of amides is 1. The lowest BCUT2D eigenvalue weighted by molar-refractivity contribution is 0.0166. The van der Waals surface area contributed by atoms with E-state index in [2.05, 4.69) is 17.4 Å². The third-order valence-corrected chi connectivity index (χ3v) is 4.69. The number of hydrogen-bond donors (Lipinski definition) is 1. The van der Waals surface area contributed by atoms with Crippen LogP contribution in [-0.4, -0.2) is 38.4 Å². The summed E-state index contributed by atoms with van der Waals surface area (Å²) < 4.78 is 11.1. The minimum absolute atomic E-state index is 0.0255. The van der Waals surface area contributed by atoms with Gasteiger partial charge in [0.1, 0.15) is 0 Å². The van der Waals surface area contributed by atoms with Crippen LogP contribution in [-0.2, 0) is 22.3 Å². The van der Waals surface area contributed by atoms with Crippen molar-refractivity contribution in [3.8, 4) is 0 Å². The first-order valence-corrected chi connectivity index (χ1v) is 8.92. The van der Waals surface area contributed by atoms with E-state index in [1.165, 1.54) is 24.0 Å². The van der Waals surface area contributed by atoms with Crippen molar-refractivity contribution in [3.05, 3.63) is 34.9 Å². The molecule has 0 radical (unpaired) electrons. The molecule has 1 aliphatic carbocycles. The van der Waals surface area contributed by atoms with Crippen LogP contribution in [0.2, 0.25) is 0 Å². The molecule has 3 rings (SSSR count). The predicted octanol–water partition coefficient (Wildman–Crippen LogP) is 2.88. The lowest BCUT2D eigenvalue weighted by Gasteiger charge is -2.16. The fourth-order valence-electron chi connectivity index (χ4n) is 3.34. The van der Waals surface area contributed by atoms with Crippen LogP contribution in [0.25, 0.3) is 0 Å². The number of aryl methyl sites for hydroxylation is 2. The second-order valence-corrected chi connectivity index (χ2v) is 6.51. The standard InChI is InChI=1S/C19H27NO3/c21-19(17-9-8-15-5-1-2-6-16(15)13-17)20-10-4-11-22-14-18-7-3-12-23-18/h8-9,13,18H,1-7,10-12,14H2,(H,20,21). The number of ether oxygens (including phenoxy) is 2. The average Bonchev–Trinajstić information content (AvgIpc) is 3.10. The molecule has 1 aliphatic heterocycles. The van der Waals surface area contributed by atoms with E-state index in [-0.39, 0.29) is 12.0 Å². The normalized spacial score (nSPS) is 20.3. The summed E-state index contributed by atoms with van der Waals surface area (Å²) in [6.07, 6.45) is 8.13. The van der Waals surface area contributed by atoms with E-state index in [4.69, 9.17) is 9.47 Å². The van der Waals surface area contributed by atoms with Crippen LogP contribution in [0.1, 0.15) is 53.6 Å². The summed E-state index contributed by atoms with van der Waals surface area (Å²) in [5.41, 5.74) is 3.55. The average molecular weight is 317 g/mol. The van der Waals surface area contributed by atoms with Crippen LogP contribution in [0.15, 0.2) is 18.2 Å². The van der Waals surface area contributed by atoms with Gasteiger partial charge in [-0.05, 0) is 68.2 Å². The number of rotatable bonds is 7. The molecule has 126 valence electrons. The SMILES string of the molecule is O=C(NCCCOCC1CCCO1)c1ccc2c(c1)CCCC2. The zero-order chi connectivity index (χ0) is 15.9. The molecular weight excluding hydrogens is 290 g/mol. The summed E-state index contributed by atoms with van der Waals surface area (Å²) in [4.78, 5) is 12.2. The predicted molar refractivity (Wildman–Crippen MR) is 89.8 cm³/mol. The second kappa shape index (κ2) is 8.46. The number of carbonyl (C=O) groups is 1. The maximum atomic E-state index is 12.2. The number of nitrogens with one attached hydrogen (secondary N) is 1. The van der Waals surface area contributed by atoms with Gasteiger partial charge in [0, 0.05) is 25.3 Å². The summed E-state index contributed by atoms with van der Waals surface area (Å²) >= 11 is 0.